The molecule has 0 bridgehead atoms. The van der Waals surface area contributed by atoms with Gasteiger partial charge in [-0.15, -0.1) is 0 Å². The maximum absolute atomic E-state index is 12.0. The SMILES string of the molecule is Cc1cc(C)cc(NC(=O)CNC(=O)c2ccccc2Br)c1. The number of amides is 2. The zero-order chi connectivity index (χ0) is 16.1. The molecule has 0 heterocycles. The Bertz CT molecular complexity index is 693. The van der Waals surface area contributed by atoms with Crippen LogP contribution in [0.25, 0.3) is 0 Å². The molecule has 0 atom stereocenters. The third kappa shape index (κ3) is 4.43. The summed E-state index contributed by atoms with van der Waals surface area (Å²) < 4.78 is 0.696. The summed E-state index contributed by atoms with van der Waals surface area (Å²) in [5, 5.41) is 5.39. The highest BCUT2D eigenvalue weighted by Gasteiger charge is 2.11. The smallest absolute Gasteiger partial charge is 0.252 e. The average molecular weight is 361 g/mol. The van der Waals surface area contributed by atoms with Crippen LogP contribution in [-0.2, 0) is 4.79 Å². The highest BCUT2D eigenvalue weighted by atomic mass is 79.9. The second kappa shape index (κ2) is 7.22. The lowest BCUT2D eigenvalue weighted by Gasteiger charge is -2.09. The van der Waals surface area contributed by atoms with Gasteiger partial charge < -0.3 is 10.6 Å². The third-order valence-corrected chi connectivity index (χ3v) is 3.72. The molecule has 0 unspecified atom stereocenters. The van der Waals surface area contributed by atoms with Gasteiger partial charge in [-0.3, -0.25) is 9.59 Å². The highest BCUT2D eigenvalue weighted by Crippen LogP contribution is 2.15. The van der Waals surface area contributed by atoms with Crippen molar-refractivity contribution in [3.05, 3.63) is 63.6 Å². The number of aryl methyl sites for hydroxylation is 2. The van der Waals surface area contributed by atoms with Crippen molar-refractivity contribution in [2.75, 3.05) is 11.9 Å². The normalized spacial score (nSPS) is 10.1. The fourth-order valence-corrected chi connectivity index (χ4v) is 2.62. The lowest BCUT2D eigenvalue weighted by atomic mass is 10.1. The molecule has 2 amide bonds. The fourth-order valence-electron chi connectivity index (χ4n) is 2.15. The van der Waals surface area contributed by atoms with Crippen LogP contribution in [0.1, 0.15) is 21.5 Å². The Morgan fingerprint density at radius 1 is 1.05 bits per heavy atom. The van der Waals surface area contributed by atoms with E-state index in [0.717, 1.165) is 16.8 Å². The van der Waals surface area contributed by atoms with Crippen LogP contribution in [-0.4, -0.2) is 18.4 Å². The van der Waals surface area contributed by atoms with Crippen molar-refractivity contribution in [3.63, 3.8) is 0 Å². The van der Waals surface area contributed by atoms with Gasteiger partial charge in [0.1, 0.15) is 0 Å². The van der Waals surface area contributed by atoms with Gasteiger partial charge in [0, 0.05) is 10.2 Å². The maximum atomic E-state index is 12.0. The van der Waals surface area contributed by atoms with Gasteiger partial charge in [-0.25, -0.2) is 0 Å². The molecule has 0 spiro atoms. The molecule has 2 N–H and O–H groups in total. The van der Waals surface area contributed by atoms with E-state index < -0.39 is 0 Å². The molecular weight excluding hydrogens is 344 g/mol. The van der Waals surface area contributed by atoms with Crippen LogP contribution in [0.2, 0.25) is 0 Å². The van der Waals surface area contributed by atoms with Crippen molar-refractivity contribution < 1.29 is 9.59 Å². The van der Waals surface area contributed by atoms with Crippen LogP contribution >= 0.6 is 15.9 Å². The van der Waals surface area contributed by atoms with Crippen molar-refractivity contribution in [2.45, 2.75) is 13.8 Å². The Hall–Kier alpha value is -2.14. The fraction of sp³-hybridized carbons (Fsp3) is 0.176. The van der Waals surface area contributed by atoms with Crippen molar-refractivity contribution in [2.24, 2.45) is 0 Å². The van der Waals surface area contributed by atoms with E-state index in [1.807, 2.05) is 38.1 Å². The van der Waals surface area contributed by atoms with Gasteiger partial charge >= 0.3 is 0 Å². The van der Waals surface area contributed by atoms with Gasteiger partial charge in [0.25, 0.3) is 5.91 Å². The Kier molecular flexibility index (Phi) is 5.33. The van der Waals surface area contributed by atoms with E-state index in [0.29, 0.717) is 10.0 Å². The molecule has 5 heteroatoms. The standard InChI is InChI=1S/C17H17BrN2O2/c1-11-7-12(2)9-13(8-11)20-16(21)10-19-17(22)14-5-3-4-6-15(14)18/h3-9H,10H2,1-2H3,(H,19,22)(H,20,21). The summed E-state index contributed by atoms with van der Waals surface area (Å²) in [5.41, 5.74) is 3.39. The van der Waals surface area contributed by atoms with Crippen LogP contribution in [0.15, 0.2) is 46.9 Å². The van der Waals surface area contributed by atoms with Crippen LogP contribution in [0.3, 0.4) is 0 Å². The second-order valence-corrected chi connectivity index (χ2v) is 5.94. The second-order valence-electron chi connectivity index (χ2n) is 5.09. The number of benzene rings is 2. The number of hydrogen-bond donors (Lipinski definition) is 2. The molecule has 0 aliphatic heterocycles. The average Bonchev–Trinajstić information content (AvgIpc) is 2.44. The highest BCUT2D eigenvalue weighted by molar-refractivity contribution is 9.10. The molecule has 0 aliphatic carbocycles. The summed E-state index contributed by atoms with van der Waals surface area (Å²) in [6, 6.07) is 12.9. The molecule has 2 aromatic rings. The van der Waals surface area contributed by atoms with Crippen LogP contribution in [0, 0.1) is 13.8 Å². The van der Waals surface area contributed by atoms with Gasteiger partial charge in [0.2, 0.25) is 5.91 Å². The van der Waals surface area contributed by atoms with Gasteiger partial charge in [-0.1, -0.05) is 18.2 Å². The van der Waals surface area contributed by atoms with Gasteiger partial charge in [0.05, 0.1) is 12.1 Å². The summed E-state index contributed by atoms with van der Waals surface area (Å²) in [7, 11) is 0. The largest absolute Gasteiger partial charge is 0.343 e. The molecule has 4 nitrogen and oxygen atoms in total. The number of anilines is 1. The first-order valence-corrected chi connectivity index (χ1v) is 7.66. The van der Waals surface area contributed by atoms with Gasteiger partial charge in [-0.2, -0.15) is 0 Å². The van der Waals surface area contributed by atoms with Gasteiger partial charge in [0.15, 0.2) is 0 Å². The number of carbonyl (C=O) groups is 2. The maximum Gasteiger partial charge on any atom is 0.252 e. The van der Waals surface area contributed by atoms with E-state index >= 15 is 0 Å². The summed E-state index contributed by atoms with van der Waals surface area (Å²) >= 11 is 3.31. The Labute approximate surface area is 138 Å². The Morgan fingerprint density at radius 3 is 2.32 bits per heavy atom. The van der Waals surface area contributed by atoms with E-state index in [-0.39, 0.29) is 18.4 Å². The van der Waals surface area contributed by atoms with Crippen LogP contribution < -0.4 is 10.6 Å². The lowest BCUT2D eigenvalue weighted by molar-refractivity contribution is -0.115. The summed E-state index contributed by atoms with van der Waals surface area (Å²) in [4.78, 5) is 23.9. The molecule has 22 heavy (non-hydrogen) atoms. The molecule has 2 aromatic carbocycles. The number of rotatable bonds is 4. The lowest BCUT2D eigenvalue weighted by Crippen LogP contribution is -2.33. The molecule has 0 saturated carbocycles. The first kappa shape index (κ1) is 16.2. The molecule has 0 fully saturated rings. The monoisotopic (exact) mass is 360 g/mol. The summed E-state index contributed by atoms with van der Waals surface area (Å²) in [6.45, 7) is 3.86. The Balaban J connectivity index is 1.93. The predicted octanol–water partition coefficient (Wildman–Crippen LogP) is 3.43. The minimum Gasteiger partial charge on any atom is -0.343 e. The Morgan fingerprint density at radius 2 is 1.68 bits per heavy atom. The summed E-state index contributed by atoms with van der Waals surface area (Å²) in [5.74, 6) is -0.548. The van der Waals surface area contributed by atoms with Crippen molar-refractivity contribution in [3.8, 4) is 0 Å². The van der Waals surface area contributed by atoms with E-state index in [2.05, 4.69) is 26.6 Å². The van der Waals surface area contributed by atoms with Crippen LogP contribution in [0.4, 0.5) is 5.69 Å². The zero-order valence-electron chi connectivity index (χ0n) is 12.4. The van der Waals surface area contributed by atoms with E-state index in [9.17, 15) is 9.59 Å². The minimum atomic E-state index is -0.289. The van der Waals surface area contributed by atoms with E-state index in [4.69, 9.17) is 0 Å². The van der Waals surface area contributed by atoms with E-state index in [1.165, 1.54) is 0 Å². The third-order valence-electron chi connectivity index (χ3n) is 3.03. The first-order valence-electron chi connectivity index (χ1n) is 6.86. The quantitative estimate of drug-likeness (QED) is 0.877. The number of carbonyl (C=O) groups excluding carboxylic acids is 2. The van der Waals surface area contributed by atoms with Crippen molar-refractivity contribution >= 4 is 33.4 Å². The predicted molar refractivity (Wildman–Crippen MR) is 91.0 cm³/mol. The van der Waals surface area contributed by atoms with Crippen molar-refractivity contribution in [1.29, 1.82) is 0 Å². The number of hydrogen-bond acceptors (Lipinski definition) is 2. The first-order chi connectivity index (χ1) is 10.5. The zero-order valence-corrected chi connectivity index (χ0v) is 14.0. The number of nitrogens with one attached hydrogen (secondary N) is 2. The van der Waals surface area contributed by atoms with Crippen molar-refractivity contribution in [1.82, 2.24) is 5.32 Å². The summed E-state index contributed by atoms with van der Waals surface area (Å²) in [6.07, 6.45) is 0. The van der Waals surface area contributed by atoms with Gasteiger partial charge in [-0.05, 0) is 65.2 Å². The molecule has 0 radical (unpaired) electrons. The minimum absolute atomic E-state index is 0.0762. The molecule has 0 saturated heterocycles. The molecule has 114 valence electrons. The molecule has 0 aliphatic rings. The molecule has 0 aromatic heterocycles. The van der Waals surface area contributed by atoms with Crippen LogP contribution in [0.5, 0.6) is 0 Å². The molecular formula is C17H17BrN2O2. The van der Waals surface area contributed by atoms with E-state index in [1.54, 1.807) is 18.2 Å². The molecule has 2 rings (SSSR count). The topological polar surface area (TPSA) is 58.2 Å². The number of halogens is 1.